The van der Waals surface area contributed by atoms with Gasteiger partial charge in [-0.15, -0.1) is 0 Å². The number of nitrogens with zero attached hydrogens (tertiary/aromatic N) is 1. The van der Waals surface area contributed by atoms with Gasteiger partial charge in [-0.25, -0.2) is 0 Å². The number of rotatable bonds is 3. The van der Waals surface area contributed by atoms with Gasteiger partial charge in [0.25, 0.3) is 5.91 Å². The molecule has 0 aliphatic rings. The molecule has 4 heteroatoms. The van der Waals surface area contributed by atoms with Gasteiger partial charge in [-0.2, -0.15) is 0 Å². The Morgan fingerprint density at radius 1 is 1.47 bits per heavy atom. The highest BCUT2D eigenvalue weighted by Crippen LogP contribution is 1.98. The number of allylic oxidation sites excluding steroid dienone is 3. The van der Waals surface area contributed by atoms with E-state index < -0.39 is 0 Å². The minimum atomic E-state index is -0.118. The lowest BCUT2D eigenvalue weighted by Crippen LogP contribution is -2.21. The van der Waals surface area contributed by atoms with E-state index in [9.17, 15) is 4.79 Å². The molecule has 1 aromatic heterocycles. The number of pyridine rings is 1. The molecule has 0 radical (unpaired) electrons. The van der Waals surface area contributed by atoms with Crippen molar-refractivity contribution in [2.45, 2.75) is 6.92 Å². The number of hydrogen-bond acceptors (Lipinski definition) is 2. The van der Waals surface area contributed by atoms with Crippen molar-refractivity contribution in [3.63, 3.8) is 0 Å². The van der Waals surface area contributed by atoms with Gasteiger partial charge in [0, 0.05) is 23.7 Å². The van der Waals surface area contributed by atoms with Crippen LogP contribution in [-0.4, -0.2) is 10.9 Å². The first-order chi connectivity index (χ1) is 7.24. The Bertz CT molecular complexity index is 385. The molecule has 0 aliphatic carbocycles. The van der Waals surface area contributed by atoms with Gasteiger partial charge in [-0.05, 0) is 29.2 Å². The van der Waals surface area contributed by atoms with Crippen LogP contribution in [0.25, 0.3) is 0 Å². The molecule has 0 aromatic carbocycles. The van der Waals surface area contributed by atoms with Crippen molar-refractivity contribution in [1.29, 1.82) is 0 Å². The van der Waals surface area contributed by atoms with Crippen LogP contribution in [0.2, 0.25) is 0 Å². The maximum absolute atomic E-state index is 11.6. The monoisotopic (exact) mass is 314 g/mol. The zero-order valence-electron chi connectivity index (χ0n) is 8.27. The normalized spacial score (nSPS) is 11.7. The van der Waals surface area contributed by atoms with Gasteiger partial charge in [0.05, 0.1) is 0 Å². The molecule has 3 nitrogen and oxygen atoms in total. The Morgan fingerprint density at radius 3 is 2.73 bits per heavy atom. The van der Waals surface area contributed by atoms with Crippen molar-refractivity contribution in [3.05, 3.63) is 52.0 Å². The number of hydrogen-bond donors (Lipinski definition) is 1. The summed E-state index contributed by atoms with van der Waals surface area (Å²) in [6.45, 7) is 1.84. The van der Waals surface area contributed by atoms with Crippen molar-refractivity contribution in [2.75, 3.05) is 0 Å². The summed E-state index contributed by atoms with van der Waals surface area (Å²) in [7, 11) is 0. The van der Waals surface area contributed by atoms with E-state index >= 15 is 0 Å². The quantitative estimate of drug-likeness (QED) is 0.688. The van der Waals surface area contributed by atoms with Gasteiger partial charge < -0.3 is 5.32 Å². The molecule has 1 N–H and O–H groups in total. The highest BCUT2D eigenvalue weighted by atomic mass is 127. The molecule has 1 heterocycles. The Balaban J connectivity index is 2.64. The second-order valence-corrected chi connectivity index (χ2v) is 3.58. The average Bonchev–Trinajstić information content (AvgIpc) is 2.27. The fourth-order valence-electron chi connectivity index (χ4n) is 0.977. The highest BCUT2D eigenvalue weighted by Gasteiger charge is 2.03. The van der Waals surface area contributed by atoms with E-state index in [0.717, 1.165) is 5.70 Å². The van der Waals surface area contributed by atoms with Crippen LogP contribution in [0.3, 0.4) is 0 Å². The molecule has 1 amide bonds. The lowest BCUT2D eigenvalue weighted by atomic mass is 10.2. The van der Waals surface area contributed by atoms with Crippen LogP contribution < -0.4 is 5.32 Å². The van der Waals surface area contributed by atoms with Gasteiger partial charge >= 0.3 is 0 Å². The molecule has 1 rings (SSSR count). The minimum Gasteiger partial charge on any atom is -0.326 e. The first kappa shape index (κ1) is 11.9. The Labute approximate surface area is 102 Å². The van der Waals surface area contributed by atoms with Gasteiger partial charge in [-0.3, -0.25) is 9.78 Å². The van der Waals surface area contributed by atoms with E-state index in [-0.39, 0.29) is 5.91 Å². The third-order valence-corrected chi connectivity index (χ3v) is 2.09. The van der Waals surface area contributed by atoms with Crippen molar-refractivity contribution in [2.24, 2.45) is 0 Å². The molecule has 0 fully saturated rings. The second-order valence-electron chi connectivity index (χ2n) is 2.86. The summed E-state index contributed by atoms with van der Waals surface area (Å²) in [5.41, 5.74) is 1.42. The number of nitrogens with one attached hydrogen (secondary N) is 1. The molecule has 0 spiro atoms. The molecule has 0 atom stereocenters. The minimum absolute atomic E-state index is 0.118. The molecule has 15 heavy (non-hydrogen) atoms. The number of amides is 1. The van der Waals surface area contributed by atoms with E-state index in [1.807, 2.05) is 23.2 Å². The summed E-state index contributed by atoms with van der Waals surface area (Å²) >= 11 is 2.12. The third-order valence-electron chi connectivity index (χ3n) is 1.67. The van der Waals surface area contributed by atoms with Crippen LogP contribution in [0.1, 0.15) is 17.3 Å². The summed E-state index contributed by atoms with van der Waals surface area (Å²) in [4.78, 5) is 15.5. The molecule has 0 saturated carbocycles. The predicted molar refractivity (Wildman–Crippen MR) is 68.6 cm³/mol. The maximum atomic E-state index is 11.6. The van der Waals surface area contributed by atoms with Gasteiger partial charge in [0.2, 0.25) is 0 Å². The fraction of sp³-hybridized carbons (Fsp3) is 0.0909. The first-order valence-corrected chi connectivity index (χ1v) is 5.63. The average molecular weight is 314 g/mol. The summed E-state index contributed by atoms with van der Waals surface area (Å²) in [5.74, 6) is -0.118. The topological polar surface area (TPSA) is 42.0 Å². The zero-order valence-corrected chi connectivity index (χ0v) is 10.4. The summed E-state index contributed by atoms with van der Waals surface area (Å²) in [6.07, 6.45) is 6.89. The maximum Gasteiger partial charge on any atom is 0.255 e. The smallest absolute Gasteiger partial charge is 0.255 e. The molecule has 0 aliphatic heterocycles. The number of carbonyl (C=O) groups excluding carboxylic acids is 1. The van der Waals surface area contributed by atoms with E-state index in [0.29, 0.717) is 5.56 Å². The SMILES string of the molecule is C/C(=C\C=C/I)NC(=O)c1ccncc1. The standard InChI is InChI=1S/C11H11IN2O/c1-9(3-2-6-12)14-11(15)10-4-7-13-8-5-10/h2-8H,1H3,(H,14,15)/b6-2-,9-3+. The fourth-order valence-corrected chi connectivity index (χ4v) is 1.18. The second kappa shape index (κ2) is 6.34. The largest absolute Gasteiger partial charge is 0.326 e. The first-order valence-electron chi connectivity index (χ1n) is 4.39. The third kappa shape index (κ3) is 4.24. The van der Waals surface area contributed by atoms with Gasteiger partial charge in [0.1, 0.15) is 0 Å². The molecule has 78 valence electrons. The molecule has 0 saturated heterocycles. The Hall–Kier alpha value is -1.17. The molecule has 1 aromatic rings. The van der Waals surface area contributed by atoms with E-state index in [1.54, 1.807) is 24.5 Å². The van der Waals surface area contributed by atoms with Crippen LogP contribution >= 0.6 is 22.6 Å². The number of halogens is 1. The molecular formula is C11H11IN2O. The van der Waals surface area contributed by atoms with Crippen LogP contribution in [0.5, 0.6) is 0 Å². The van der Waals surface area contributed by atoms with Crippen LogP contribution in [0.15, 0.2) is 46.5 Å². The van der Waals surface area contributed by atoms with Crippen molar-refractivity contribution in [1.82, 2.24) is 10.3 Å². The molecule has 0 bridgehead atoms. The Kier molecular flexibility index (Phi) is 5.03. The molecule has 0 unspecified atom stereocenters. The zero-order chi connectivity index (χ0) is 11.1. The van der Waals surface area contributed by atoms with E-state index in [4.69, 9.17) is 0 Å². The van der Waals surface area contributed by atoms with Crippen LogP contribution in [0, 0.1) is 0 Å². The predicted octanol–water partition coefficient (Wildman–Crippen LogP) is 2.66. The summed E-state index contributed by atoms with van der Waals surface area (Å²) in [5, 5.41) is 2.77. The summed E-state index contributed by atoms with van der Waals surface area (Å²) in [6, 6.07) is 3.35. The number of carbonyl (C=O) groups is 1. The van der Waals surface area contributed by atoms with Crippen LogP contribution in [0.4, 0.5) is 0 Å². The van der Waals surface area contributed by atoms with E-state index in [2.05, 4.69) is 32.9 Å². The van der Waals surface area contributed by atoms with Crippen molar-refractivity contribution < 1.29 is 4.79 Å². The van der Waals surface area contributed by atoms with Crippen LogP contribution in [-0.2, 0) is 0 Å². The lowest BCUT2D eigenvalue weighted by molar-refractivity contribution is 0.0966. The Morgan fingerprint density at radius 2 is 2.13 bits per heavy atom. The highest BCUT2D eigenvalue weighted by molar-refractivity contribution is 14.1. The van der Waals surface area contributed by atoms with Crippen molar-refractivity contribution >= 4 is 28.5 Å². The molecular weight excluding hydrogens is 303 g/mol. The van der Waals surface area contributed by atoms with E-state index in [1.165, 1.54) is 0 Å². The lowest BCUT2D eigenvalue weighted by Gasteiger charge is -2.03. The van der Waals surface area contributed by atoms with Gasteiger partial charge in [-0.1, -0.05) is 28.7 Å². The van der Waals surface area contributed by atoms with Crippen molar-refractivity contribution in [3.8, 4) is 0 Å². The number of aromatic nitrogens is 1. The summed E-state index contributed by atoms with van der Waals surface area (Å²) < 4.78 is 1.87. The van der Waals surface area contributed by atoms with Gasteiger partial charge in [0.15, 0.2) is 0 Å².